The molecule has 0 aliphatic carbocycles. The van der Waals surface area contributed by atoms with Gasteiger partial charge in [-0.05, 0) is 36.8 Å². The van der Waals surface area contributed by atoms with E-state index in [1.807, 2.05) is 54.6 Å². The molecule has 5 rings (SSSR count). The highest BCUT2D eigenvalue weighted by Crippen LogP contribution is 2.33. The van der Waals surface area contributed by atoms with Gasteiger partial charge in [-0.1, -0.05) is 48.0 Å². The molecular weight excluding hydrogens is 310 g/mol. The monoisotopic (exact) mass is 325 g/mol. The van der Waals surface area contributed by atoms with Gasteiger partial charge in [-0.2, -0.15) is 0 Å². The van der Waals surface area contributed by atoms with Gasteiger partial charge in [-0.3, -0.25) is 0 Å². The lowest BCUT2D eigenvalue weighted by Gasteiger charge is -1.93. The normalized spacial score (nSPS) is 12.9. The molecule has 3 nitrogen and oxygen atoms in total. The quantitative estimate of drug-likeness (QED) is 0.509. The third-order valence-corrected chi connectivity index (χ3v) is 4.60. The zero-order chi connectivity index (χ0) is 17.0. The lowest BCUT2D eigenvalue weighted by Crippen LogP contribution is -1.99. The first-order valence-electron chi connectivity index (χ1n) is 8.22. The van der Waals surface area contributed by atoms with Gasteiger partial charge in [0, 0.05) is 10.4 Å². The average Bonchev–Trinajstić information content (AvgIpc) is 3.14. The molecule has 0 saturated heterocycles. The molecular formula is C22H15NO2. The second-order valence-electron chi connectivity index (χ2n) is 6.34. The fourth-order valence-electron chi connectivity index (χ4n) is 3.36. The number of fused-ring (bicyclic) bond motifs is 4. The molecule has 1 aliphatic rings. The van der Waals surface area contributed by atoms with Gasteiger partial charge < -0.3 is 9.52 Å². The van der Waals surface area contributed by atoms with Crippen LogP contribution in [0.15, 0.2) is 70.1 Å². The van der Waals surface area contributed by atoms with E-state index in [0.29, 0.717) is 16.4 Å². The molecule has 1 N–H and O–H groups in total. The number of hydrogen-bond acceptors (Lipinski definition) is 3. The van der Waals surface area contributed by atoms with Crippen LogP contribution in [-0.2, 0) is 0 Å². The van der Waals surface area contributed by atoms with Crippen LogP contribution in [0.1, 0.15) is 11.1 Å². The summed E-state index contributed by atoms with van der Waals surface area (Å²) >= 11 is 0. The molecule has 0 spiro atoms. The Morgan fingerprint density at radius 2 is 1.80 bits per heavy atom. The average molecular weight is 325 g/mol. The summed E-state index contributed by atoms with van der Waals surface area (Å²) in [6, 6.07) is 19.9. The molecule has 0 unspecified atom stereocenters. The van der Waals surface area contributed by atoms with E-state index in [1.54, 1.807) is 0 Å². The second kappa shape index (κ2) is 5.08. The van der Waals surface area contributed by atoms with E-state index in [9.17, 15) is 5.11 Å². The van der Waals surface area contributed by atoms with Crippen molar-refractivity contribution in [2.75, 3.05) is 0 Å². The Morgan fingerprint density at radius 3 is 2.64 bits per heavy atom. The number of furan rings is 1. The van der Waals surface area contributed by atoms with Crippen molar-refractivity contribution in [3.05, 3.63) is 93.0 Å². The molecule has 0 amide bonds. The lowest BCUT2D eigenvalue weighted by molar-refractivity contribution is 0.450. The first-order valence-corrected chi connectivity index (χ1v) is 8.22. The van der Waals surface area contributed by atoms with Crippen molar-refractivity contribution in [2.45, 2.75) is 6.92 Å². The molecule has 1 aromatic heterocycles. The molecule has 0 saturated carbocycles. The first-order chi connectivity index (χ1) is 12.2. The van der Waals surface area contributed by atoms with Crippen LogP contribution < -0.4 is 10.8 Å². The zero-order valence-electron chi connectivity index (χ0n) is 13.7. The molecule has 4 aromatic rings. The number of rotatable bonds is 1. The van der Waals surface area contributed by atoms with E-state index in [4.69, 9.17) is 9.41 Å². The Balaban J connectivity index is 1.86. The number of aromatic hydroxyl groups is 1. The SMILES string of the molecule is Cc1ccc2c(c1)=c1ccc3c(O)/c(=C\c4ccccc4)oc3c1N=2. The molecule has 1 aliphatic heterocycles. The van der Waals surface area contributed by atoms with Gasteiger partial charge in [0.05, 0.1) is 10.7 Å². The molecule has 3 heteroatoms. The van der Waals surface area contributed by atoms with Crippen molar-refractivity contribution < 1.29 is 9.52 Å². The molecule has 0 bridgehead atoms. The van der Waals surface area contributed by atoms with Crippen LogP contribution in [-0.4, -0.2) is 5.11 Å². The molecule has 3 aromatic carbocycles. The Bertz CT molecular complexity index is 1350. The third kappa shape index (κ3) is 2.09. The largest absolute Gasteiger partial charge is 0.504 e. The summed E-state index contributed by atoms with van der Waals surface area (Å²) in [5, 5.41) is 14.4. The maximum atomic E-state index is 10.6. The van der Waals surface area contributed by atoms with Crippen LogP contribution in [0.4, 0.5) is 5.69 Å². The Kier molecular flexibility index (Phi) is 2.86. The maximum absolute atomic E-state index is 10.6. The van der Waals surface area contributed by atoms with E-state index in [-0.39, 0.29) is 5.75 Å². The number of aryl methyl sites for hydroxylation is 1. The summed E-state index contributed by atoms with van der Waals surface area (Å²) in [6.07, 6.45) is 1.84. The fraction of sp³-hybridized carbons (Fsp3) is 0.0455. The number of hydrogen-bond donors (Lipinski definition) is 1. The lowest BCUT2D eigenvalue weighted by atomic mass is 10.1. The van der Waals surface area contributed by atoms with Gasteiger partial charge >= 0.3 is 0 Å². The minimum Gasteiger partial charge on any atom is -0.504 e. The summed E-state index contributed by atoms with van der Waals surface area (Å²) in [5.74, 6) is 0.156. The standard InChI is InChI=1S/C22H15NO2/c1-13-7-10-18-17(11-13)15-8-9-16-21(24)19(25-22(16)20(15)23-18)12-14-5-3-2-4-6-14/h2-12,24H,1H3/b19-12+. The summed E-state index contributed by atoms with van der Waals surface area (Å²) in [7, 11) is 0. The highest BCUT2D eigenvalue weighted by Gasteiger charge is 2.15. The maximum Gasteiger partial charge on any atom is 0.170 e. The fourth-order valence-corrected chi connectivity index (χ4v) is 3.36. The predicted octanol–water partition coefficient (Wildman–Crippen LogP) is 3.83. The van der Waals surface area contributed by atoms with Crippen LogP contribution >= 0.6 is 0 Å². The van der Waals surface area contributed by atoms with E-state index in [1.165, 1.54) is 5.56 Å². The number of benzene rings is 3. The Labute approximate surface area is 143 Å². The van der Waals surface area contributed by atoms with Gasteiger partial charge in [0.15, 0.2) is 16.7 Å². The topological polar surface area (TPSA) is 45.7 Å². The molecule has 25 heavy (non-hydrogen) atoms. The van der Waals surface area contributed by atoms with E-state index in [2.05, 4.69) is 19.1 Å². The summed E-state index contributed by atoms with van der Waals surface area (Å²) in [6.45, 7) is 2.07. The van der Waals surface area contributed by atoms with Crippen molar-refractivity contribution in [1.29, 1.82) is 0 Å². The van der Waals surface area contributed by atoms with Gasteiger partial charge in [0.25, 0.3) is 0 Å². The molecule has 0 radical (unpaired) electrons. The van der Waals surface area contributed by atoms with Gasteiger partial charge in [0.2, 0.25) is 0 Å². The van der Waals surface area contributed by atoms with Crippen molar-refractivity contribution in [2.24, 2.45) is 4.99 Å². The van der Waals surface area contributed by atoms with Crippen molar-refractivity contribution in [3.63, 3.8) is 0 Å². The van der Waals surface area contributed by atoms with Crippen LogP contribution in [0.25, 0.3) is 17.0 Å². The Hall–Kier alpha value is -3.33. The van der Waals surface area contributed by atoms with Crippen LogP contribution in [0.3, 0.4) is 0 Å². The van der Waals surface area contributed by atoms with E-state index in [0.717, 1.165) is 27.0 Å². The predicted molar refractivity (Wildman–Crippen MR) is 97.2 cm³/mol. The van der Waals surface area contributed by atoms with Crippen molar-refractivity contribution >= 4 is 22.7 Å². The van der Waals surface area contributed by atoms with Gasteiger partial charge in [-0.15, -0.1) is 0 Å². The highest BCUT2D eigenvalue weighted by molar-refractivity contribution is 5.93. The first kappa shape index (κ1) is 14.1. The number of nitrogens with zero attached hydrogens (tertiary/aromatic N) is 1. The molecule has 2 heterocycles. The zero-order valence-corrected chi connectivity index (χ0v) is 13.7. The molecule has 0 atom stereocenters. The summed E-state index contributed by atoms with van der Waals surface area (Å²) in [4.78, 5) is 4.73. The summed E-state index contributed by atoms with van der Waals surface area (Å²) in [5.41, 5.74) is 4.05. The second-order valence-corrected chi connectivity index (χ2v) is 6.34. The van der Waals surface area contributed by atoms with Crippen LogP contribution in [0.2, 0.25) is 0 Å². The van der Waals surface area contributed by atoms with Crippen LogP contribution in [0, 0.1) is 17.4 Å². The van der Waals surface area contributed by atoms with E-state index >= 15 is 0 Å². The van der Waals surface area contributed by atoms with Gasteiger partial charge in [-0.25, -0.2) is 4.99 Å². The van der Waals surface area contributed by atoms with Gasteiger partial charge in [0.1, 0.15) is 5.69 Å². The minimum atomic E-state index is 0.156. The molecule has 120 valence electrons. The summed E-state index contributed by atoms with van der Waals surface area (Å²) < 4.78 is 6.01. The highest BCUT2D eigenvalue weighted by atomic mass is 16.4. The molecule has 0 fully saturated rings. The minimum absolute atomic E-state index is 0.156. The van der Waals surface area contributed by atoms with Crippen LogP contribution in [0.5, 0.6) is 5.75 Å². The van der Waals surface area contributed by atoms with Crippen molar-refractivity contribution in [3.8, 4) is 5.75 Å². The smallest absolute Gasteiger partial charge is 0.170 e. The van der Waals surface area contributed by atoms with Crippen molar-refractivity contribution in [1.82, 2.24) is 0 Å². The third-order valence-electron chi connectivity index (χ3n) is 4.60. The Morgan fingerprint density at radius 1 is 0.960 bits per heavy atom. The van der Waals surface area contributed by atoms with E-state index < -0.39 is 0 Å².